The van der Waals surface area contributed by atoms with Crippen molar-refractivity contribution < 1.29 is 117 Å². The van der Waals surface area contributed by atoms with Gasteiger partial charge >= 0.3 is 47.8 Å². The molecule has 0 heterocycles. The first-order valence-corrected chi connectivity index (χ1v) is 17.8. The van der Waals surface area contributed by atoms with Gasteiger partial charge in [0.05, 0.1) is 0 Å². The number of benzene rings is 4. The molecule has 0 saturated heterocycles. The summed E-state index contributed by atoms with van der Waals surface area (Å²) in [7, 11) is 0. The lowest BCUT2D eigenvalue weighted by Gasteiger charge is -2.19. The highest BCUT2D eigenvalue weighted by Gasteiger charge is 2.23. The van der Waals surface area contributed by atoms with Crippen LogP contribution in [0.1, 0.15) is 0 Å². The Balaban J connectivity index is 2.21. The van der Waals surface area contributed by atoms with Crippen LogP contribution in [0.4, 0.5) is 0 Å². The second kappa shape index (κ2) is 20.1. The van der Waals surface area contributed by atoms with Gasteiger partial charge < -0.3 is 78.7 Å². The van der Waals surface area contributed by atoms with Crippen molar-refractivity contribution in [2.45, 2.75) is 0 Å². The Kier molecular flexibility index (Phi) is 14.5. The van der Waals surface area contributed by atoms with Gasteiger partial charge in [0.25, 0.3) is 0 Å². The molecule has 0 atom stereocenters. The minimum absolute atomic E-state index is 0.105. The minimum atomic E-state index is -1.50. The van der Waals surface area contributed by atoms with E-state index in [4.69, 9.17) is 37.9 Å². The fourth-order valence-corrected chi connectivity index (χ4v) is 6.02. The number of carboxylic acids is 8. The van der Waals surface area contributed by atoms with E-state index in [2.05, 4.69) is 0 Å². The summed E-state index contributed by atoms with van der Waals surface area (Å²) in [6.45, 7) is -8.25. The summed E-state index contributed by atoms with van der Waals surface area (Å²) in [6, 6.07) is 9.11. The van der Waals surface area contributed by atoms with Gasteiger partial charge in [0.1, 0.15) is 23.0 Å². The topological polar surface area (TPSA) is 372 Å². The first-order valence-electron chi connectivity index (χ1n) is 17.8. The van der Waals surface area contributed by atoms with Crippen molar-refractivity contribution in [3.63, 3.8) is 0 Å². The molecule has 0 spiro atoms. The Morgan fingerprint density at radius 1 is 0.234 bits per heavy atom. The number of fused-ring (bicyclic) bond motifs is 10. The SMILES string of the molecule is O=C(O)COc1cc2c3cc(c(OCC(=O)O)cc3OCC(=O)O)c3cc(OCC(=O)O)c(OCC(=O)O)cc3c3cc(c(OCC(=O)O)cc3OCC(=O)O)c2cc1OCC(=O)O. The van der Waals surface area contributed by atoms with Crippen molar-refractivity contribution in [1.82, 2.24) is 0 Å². The smallest absolute Gasteiger partial charge is 0.341 e. The first kappa shape index (κ1) is 46.1. The van der Waals surface area contributed by atoms with Crippen molar-refractivity contribution in [1.29, 1.82) is 0 Å². The summed E-state index contributed by atoms with van der Waals surface area (Å²) in [4.78, 5) is 94.1. The molecule has 0 fully saturated rings. The Bertz CT molecular complexity index is 2410. The van der Waals surface area contributed by atoms with Crippen LogP contribution >= 0.6 is 0 Å². The number of hydrogen-bond donors (Lipinski definition) is 8. The maximum atomic E-state index is 11.9. The van der Waals surface area contributed by atoms with Crippen LogP contribution in [0.5, 0.6) is 46.0 Å². The number of aliphatic carboxylic acids is 8. The predicted molar refractivity (Wildman–Crippen MR) is 210 cm³/mol. The molecule has 5 aromatic rings. The van der Waals surface area contributed by atoms with Crippen molar-refractivity contribution in [2.24, 2.45) is 0 Å². The Hall–Kier alpha value is -8.96. The molecule has 0 amide bonds. The molecule has 24 heteroatoms. The molecule has 0 aliphatic carbocycles. The fourth-order valence-electron chi connectivity index (χ4n) is 6.02. The van der Waals surface area contributed by atoms with Crippen LogP contribution in [0, 0.1) is 0 Å². The van der Waals surface area contributed by atoms with Crippen molar-refractivity contribution in [3.8, 4) is 46.0 Å². The number of carboxylic acid groups (broad SMARTS) is 8. The van der Waals surface area contributed by atoms with E-state index in [0.29, 0.717) is 0 Å². The fraction of sp³-hybridized carbons (Fsp3) is 0.200. The number of hydrogen-bond acceptors (Lipinski definition) is 16. The third-order valence-electron chi connectivity index (χ3n) is 8.30. The van der Waals surface area contributed by atoms with Gasteiger partial charge in [-0.2, -0.15) is 0 Å². The molecule has 0 radical (unpaired) electrons. The van der Waals surface area contributed by atoms with Gasteiger partial charge in [-0.25, -0.2) is 38.4 Å². The predicted octanol–water partition coefficient (Wildman–Crippen LogP) is 2.57. The second-order valence-corrected chi connectivity index (χ2v) is 12.8. The molecule has 0 aliphatic rings. The number of ether oxygens (including phenoxy) is 8. The standard InChI is InChI=1S/C40H32O24/c41-33(42)9-57-25-7-26(58-10-34(43)44)22-1-21(25)17-3-29(61-13-37(49)50)31(63-15-39(53)54)5-19(17)23-2-24(28(60-12-36(47)48)8-27(23)59-11-35(45)46)20-6-32(64-16-40(55)56)30(4-18(20)22)62-14-38(51)52/h1-8H,9-16H2,(H,41,42)(H,43,44)(H,45,46)(H,47,48)(H,49,50)(H,51,52)(H,53,54)(H,55,56). The van der Waals surface area contributed by atoms with Crippen molar-refractivity contribution in [2.75, 3.05) is 52.9 Å². The summed E-state index contributed by atoms with van der Waals surface area (Å²) in [5.41, 5.74) is 0. The molecule has 5 aromatic carbocycles. The summed E-state index contributed by atoms with van der Waals surface area (Å²) in [5, 5.41) is 75.5. The summed E-state index contributed by atoms with van der Waals surface area (Å²) in [5.74, 6) is -15.1. The average molecular weight is 897 g/mol. The Morgan fingerprint density at radius 2 is 0.391 bits per heavy atom. The van der Waals surface area contributed by atoms with Crippen LogP contribution in [-0.2, 0) is 38.4 Å². The normalized spacial score (nSPS) is 10.8. The van der Waals surface area contributed by atoms with E-state index >= 15 is 0 Å². The van der Waals surface area contributed by atoms with Crippen LogP contribution in [0.3, 0.4) is 0 Å². The highest BCUT2D eigenvalue weighted by molar-refractivity contribution is 6.19. The minimum Gasteiger partial charge on any atom is -0.481 e. The third kappa shape index (κ3) is 11.6. The zero-order valence-electron chi connectivity index (χ0n) is 32.4. The lowest BCUT2D eigenvalue weighted by atomic mass is 9.96. The highest BCUT2D eigenvalue weighted by atomic mass is 16.6. The summed E-state index contributed by atoms with van der Waals surface area (Å²) < 4.78 is 44.6. The van der Waals surface area contributed by atoms with Crippen LogP contribution in [-0.4, -0.2) is 141 Å². The molecule has 5 rings (SSSR count). The number of carbonyl (C=O) groups is 8. The molecule has 0 unspecified atom stereocenters. The molecule has 24 nitrogen and oxygen atoms in total. The van der Waals surface area contributed by atoms with Crippen molar-refractivity contribution >= 4 is 90.8 Å². The Labute approximate surface area is 355 Å². The molecule has 0 aromatic heterocycles. The molecule has 8 N–H and O–H groups in total. The van der Waals surface area contributed by atoms with E-state index in [0.717, 1.165) is 36.4 Å². The first-order chi connectivity index (χ1) is 30.3. The highest BCUT2D eigenvalue weighted by Crippen LogP contribution is 2.47. The zero-order valence-corrected chi connectivity index (χ0v) is 32.4. The molecular weight excluding hydrogens is 864 g/mol. The number of rotatable bonds is 24. The maximum Gasteiger partial charge on any atom is 0.341 e. The van der Waals surface area contributed by atoms with Gasteiger partial charge in [-0.15, -0.1) is 0 Å². The maximum absolute atomic E-state index is 11.9. The largest absolute Gasteiger partial charge is 0.481 e. The molecule has 64 heavy (non-hydrogen) atoms. The van der Waals surface area contributed by atoms with Gasteiger partial charge in [-0.1, -0.05) is 0 Å². The van der Waals surface area contributed by atoms with E-state index in [1.54, 1.807) is 0 Å². The molecule has 4 bridgehead atoms. The zero-order chi connectivity index (χ0) is 46.8. The van der Waals surface area contributed by atoms with E-state index in [1.807, 2.05) is 0 Å². The van der Waals surface area contributed by atoms with Crippen LogP contribution < -0.4 is 37.9 Å². The van der Waals surface area contributed by atoms with Crippen molar-refractivity contribution in [3.05, 3.63) is 48.5 Å². The van der Waals surface area contributed by atoms with Gasteiger partial charge in [0.2, 0.25) is 0 Å². The summed E-state index contributed by atoms with van der Waals surface area (Å²) >= 11 is 0. The monoisotopic (exact) mass is 896 g/mol. The molecule has 336 valence electrons. The van der Waals surface area contributed by atoms with E-state index in [-0.39, 0.29) is 66.1 Å². The molecule has 0 saturated carbocycles. The van der Waals surface area contributed by atoms with E-state index < -0.39 is 124 Å². The van der Waals surface area contributed by atoms with Crippen LogP contribution in [0.25, 0.3) is 43.1 Å². The summed E-state index contributed by atoms with van der Waals surface area (Å²) in [6.07, 6.45) is 0. The van der Waals surface area contributed by atoms with Gasteiger partial charge in [0, 0.05) is 33.7 Å². The van der Waals surface area contributed by atoms with Crippen LogP contribution in [0.15, 0.2) is 48.5 Å². The van der Waals surface area contributed by atoms with Gasteiger partial charge in [-0.05, 0) is 57.9 Å². The lowest BCUT2D eigenvalue weighted by Crippen LogP contribution is -2.13. The van der Waals surface area contributed by atoms with E-state index in [1.165, 1.54) is 12.1 Å². The quantitative estimate of drug-likeness (QED) is 0.0441. The third-order valence-corrected chi connectivity index (χ3v) is 8.30. The second-order valence-electron chi connectivity index (χ2n) is 12.8. The lowest BCUT2D eigenvalue weighted by molar-refractivity contribution is -0.140. The van der Waals surface area contributed by atoms with Gasteiger partial charge in [0.15, 0.2) is 75.9 Å². The molecule has 0 aliphatic heterocycles. The Morgan fingerprint density at radius 3 is 0.547 bits per heavy atom. The van der Waals surface area contributed by atoms with E-state index in [9.17, 15) is 79.2 Å². The average Bonchev–Trinajstić information content (AvgIpc) is 3.22. The molecular formula is C40H32O24. The van der Waals surface area contributed by atoms with Crippen LogP contribution in [0.2, 0.25) is 0 Å². The van der Waals surface area contributed by atoms with Gasteiger partial charge in [-0.3, -0.25) is 0 Å².